The van der Waals surface area contributed by atoms with E-state index < -0.39 is 0 Å². The Kier molecular flexibility index (Phi) is 3.01. The van der Waals surface area contributed by atoms with E-state index in [0.29, 0.717) is 24.0 Å². The summed E-state index contributed by atoms with van der Waals surface area (Å²) < 4.78 is 6.84. The lowest BCUT2D eigenvalue weighted by Gasteiger charge is -2.13. The first-order valence-corrected chi connectivity index (χ1v) is 6.20. The molecule has 0 N–H and O–H groups in total. The summed E-state index contributed by atoms with van der Waals surface area (Å²) in [4.78, 5) is 6.47. The highest BCUT2D eigenvalue weighted by atomic mass is 16.5. The molecule has 0 aliphatic carbocycles. The Balaban J connectivity index is 1.62. The van der Waals surface area contributed by atoms with Gasteiger partial charge in [-0.3, -0.25) is 9.58 Å². The minimum atomic E-state index is 0.315. The van der Waals surface area contributed by atoms with Gasteiger partial charge in [0.1, 0.15) is 6.07 Å². The van der Waals surface area contributed by atoms with Crippen molar-refractivity contribution in [2.75, 3.05) is 13.1 Å². The average Bonchev–Trinajstić information content (AvgIpc) is 3.10. The first-order valence-electron chi connectivity index (χ1n) is 6.20. The van der Waals surface area contributed by atoms with Crippen molar-refractivity contribution < 1.29 is 4.52 Å². The van der Waals surface area contributed by atoms with Crippen LogP contribution < -0.4 is 0 Å². The molecular formula is C12H14N6O. The Bertz CT molecular complexity index is 610. The number of hydrogen-bond acceptors (Lipinski definition) is 6. The van der Waals surface area contributed by atoms with Gasteiger partial charge < -0.3 is 4.52 Å². The van der Waals surface area contributed by atoms with Crippen molar-refractivity contribution in [2.24, 2.45) is 0 Å². The van der Waals surface area contributed by atoms with Gasteiger partial charge in [0.15, 0.2) is 5.82 Å². The summed E-state index contributed by atoms with van der Waals surface area (Å²) in [6.07, 6.45) is 4.42. The van der Waals surface area contributed by atoms with Gasteiger partial charge in [0.05, 0.1) is 24.3 Å². The molecule has 1 unspecified atom stereocenters. The molecule has 0 saturated carbocycles. The van der Waals surface area contributed by atoms with Gasteiger partial charge in [-0.2, -0.15) is 15.3 Å². The SMILES string of the molecule is Cc1nc(CN2CCC(n3cc(C#N)cn3)C2)no1. The predicted octanol–water partition coefficient (Wildman–Crippen LogP) is 0.893. The lowest BCUT2D eigenvalue weighted by molar-refractivity contribution is 0.295. The molecule has 7 heteroatoms. The Hall–Kier alpha value is -2.20. The number of hydrogen-bond donors (Lipinski definition) is 0. The van der Waals surface area contributed by atoms with Crippen molar-refractivity contribution in [3.8, 4) is 6.07 Å². The van der Waals surface area contributed by atoms with Crippen LogP contribution in [0.25, 0.3) is 0 Å². The van der Waals surface area contributed by atoms with Crippen LogP contribution in [0.15, 0.2) is 16.9 Å². The molecule has 1 fully saturated rings. The zero-order chi connectivity index (χ0) is 13.2. The molecule has 1 aliphatic rings. The van der Waals surface area contributed by atoms with E-state index in [-0.39, 0.29) is 0 Å². The molecule has 7 nitrogen and oxygen atoms in total. The van der Waals surface area contributed by atoms with E-state index in [1.807, 2.05) is 4.68 Å². The number of likely N-dealkylation sites (tertiary alicyclic amines) is 1. The summed E-state index contributed by atoms with van der Waals surface area (Å²) in [5.74, 6) is 1.31. The number of aromatic nitrogens is 4. The van der Waals surface area contributed by atoms with Crippen LogP contribution in [0.5, 0.6) is 0 Å². The van der Waals surface area contributed by atoms with Gasteiger partial charge in [-0.1, -0.05) is 5.16 Å². The van der Waals surface area contributed by atoms with Gasteiger partial charge >= 0.3 is 0 Å². The highest BCUT2D eigenvalue weighted by Gasteiger charge is 2.25. The lowest BCUT2D eigenvalue weighted by atomic mass is 10.3. The Morgan fingerprint density at radius 1 is 1.58 bits per heavy atom. The fourth-order valence-corrected chi connectivity index (χ4v) is 2.37. The average molecular weight is 258 g/mol. The van der Waals surface area contributed by atoms with Crippen molar-refractivity contribution >= 4 is 0 Å². The molecule has 0 radical (unpaired) electrons. The zero-order valence-corrected chi connectivity index (χ0v) is 10.7. The highest BCUT2D eigenvalue weighted by molar-refractivity contribution is 5.22. The third-order valence-electron chi connectivity index (χ3n) is 3.29. The van der Waals surface area contributed by atoms with Crippen molar-refractivity contribution in [3.63, 3.8) is 0 Å². The van der Waals surface area contributed by atoms with E-state index >= 15 is 0 Å². The van der Waals surface area contributed by atoms with Crippen LogP contribution in [0, 0.1) is 18.3 Å². The number of rotatable bonds is 3. The second-order valence-corrected chi connectivity index (χ2v) is 4.73. The molecule has 0 spiro atoms. The summed E-state index contributed by atoms with van der Waals surface area (Å²) in [5, 5.41) is 16.9. The minimum Gasteiger partial charge on any atom is -0.340 e. The maximum Gasteiger partial charge on any atom is 0.223 e. The maximum atomic E-state index is 8.80. The summed E-state index contributed by atoms with van der Waals surface area (Å²) in [6.45, 7) is 4.34. The van der Waals surface area contributed by atoms with Crippen LogP contribution in [-0.4, -0.2) is 37.9 Å². The zero-order valence-electron chi connectivity index (χ0n) is 10.7. The molecule has 0 bridgehead atoms. The predicted molar refractivity (Wildman–Crippen MR) is 64.9 cm³/mol. The van der Waals surface area contributed by atoms with Gasteiger partial charge in [0.2, 0.25) is 5.89 Å². The van der Waals surface area contributed by atoms with Crippen LogP contribution in [0.1, 0.15) is 29.7 Å². The Morgan fingerprint density at radius 2 is 2.47 bits per heavy atom. The first kappa shape index (κ1) is 11.9. The van der Waals surface area contributed by atoms with Gasteiger partial charge in [0.25, 0.3) is 0 Å². The molecule has 3 rings (SSSR count). The molecule has 1 saturated heterocycles. The first-order chi connectivity index (χ1) is 9.24. The Morgan fingerprint density at radius 3 is 3.16 bits per heavy atom. The van der Waals surface area contributed by atoms with Crippen LogP contribution in [-0.2, 0) is 6.54 Å². The summed E-state index contributed by atoms with van der Waals surface area (Å²) >= 11 is 0. The van der Waals surface area contributed by atoms with Crippen LogP contribution >= 0.6 is 0 Å². The largest absolute Gasteiger partial charge is 0.340 e. The minimum absolute atomic E-state index is 0.315. The molecule has 19 heavy (non-hydrogen) atoms. The highest BCUT2D eigenvalue weighted by Crippen LogP contribution is 2.22. The third kappa shape index (κ3) is 2.48. The van der Waals surface area contributed by atoms with E-state index in [1.54, 1.807) is 19.3 Å². The number of nitrogens with zero attached hydrogens (tertiary/aromatic N) is 6. The van der Waals surface area contributed by atoms with E-state index in [9.17, 15) is 0 Å². The van der Waals surface area contributed by atoms with E-state index in [1.165, 1.54) is 0 Å². The second-order valence-electron chi connectivity index (χ2n) is 4.73. The molecule has 0 amide bonds. The second kappa shape index (κ2) is 4.82. The van der Waals surface area contributed by atoms with Crippen LogP contribution in [0.2, 0.25) is 0 Å². The maximum absolute atomic E-state index is 8.80. The molecule has 3 heterocycles. The topological polar surface area (TPSA) is 83.8 Å². The third-order valence-corrected chi connectivity index (χ3v) is 3.29. The molecule has 98 valence electrons. The van der Waals surface area contributed by atoms with Crippen molar-refractivity contribution in [1.29, 1.82) is 5.26 Å². The molecular weight excluding hydrogens is 244 g/mol. The van der Waals surface area contributed by atoms with Crippen molar-refractivity contribution in [2.45, 2.75) is 25.9 Å². The van der Waals surface area contributed by atoms with Gasteiger partial charge in [0, 0.05) is 26.2 Å². The quantitative estimate of drug-likeness (QED) is 0.813. The van der Waals surface area contributed by atoms with E-state index in [2.05, 4.69) is 26.2 Å². The number of aryl methyl sites for hydroxylation is 1. The normalized spacial score (nSPS) is 19.7. The lowest BCUT2D eigenvalue weighted by Crippen LogP contribution is -2.22. The van der Waals surface area contributed by atoms with Crippen LogP contribution in [0.4, 0.5) is 0 Å². The molecule has 1 aliphatic heterocycles. The standard InChI is InChI=1S/C12H14N6O/c1-9-15-12(16-19-9)8-17-3-2-11(7-17)18-6-10(4-13)5-14-18/h5-6,11H,2-3,7-8H2,1H3. The van der Waals surface area contributed by atoms with E-state index in [0.717, 1.165) is 25.3 Å². The van der Waals surface area contributed by atoms with Gasteiger partial charge in [-0.15, -0.1) is 0 Å². The van der Waals surface area contributed by atoms with Crippen molar-refractivity contribution in [1.82, 2.24) is 24.8 Å². The molecule has 1 atom stereocenters. The summed E-state index contributed by atoms with van der Waals surface area (Å²) in [5.41, 5.74) is 0.604. The van der Waals surface area contributed by atoms with Crippen molar-refractivity contribution in [3.05, 3.63) is 29.7 Å². The Labute approximate surface area is 110 Å². The van der Waals surface area contributed by atoms with E-state index in [4.69, 9.17) is 9.78 Å². The smallest absolute Gasteiger partial charge is 0.223 e. The summed E-state index contributed by atoms with van der Waals surface area (Å²) in [6, 6.07) is 2.41. The number of nitriles is 1. The monoisotopic (exact) mass is 258 g/mol. The molecule has 2 aromatic rings. The summed E-state index contributed by atoms with van der Waals surface area (Å²) in [7, 11) is 0. The fourth-order valence-electron chi connectivity index (χ4n) is 2.37. The fraction of sp³-hybridized carbons (Fsp3) is 0.500. The van der Waals surface area contributed by atoms with Gasteiger partial charge in [-0.25, -0.2) is 0 Å². The van der Waals surface area contributed by atoms with Gasteiger partial charge in [-0.05, 0) is 6.42 Å². The molecule has 0 aromatic carbocycles. The van der Waals surface area contributed by atoms with Crippen LogP contribution in [0.3, 0.4) is 0 Å². The molecule has 2 aromatic heterocycles.